The first-order valence-electron chi connectivity index (χ1n) is 15.2. The molecule has 0 aromatic carbocycles. The summed E-state index contributed by atoms with van der Waals surface area (Å²) in [6, 6.07) is -3.48. The molecule has 2 rings (SSSR count). The molecule has 2 aliphatic rings. The van der Waals surface area contributed by atoms with Crippen LogP contribution in [0.1, 0.15) is 98.8 Å². The minimum absolute atomic E-state index is 0.177. The molecule has 1 saturated heterocycles. The first kappa shape index (κ1) is 35.5. The molecule has 0 spiro atoms. The predicted molar refractivity (Wildman–Crippen MR) is 160 cm³/mol. The van der Waals surface area contributed by atoms with Gasteiger partial charge in [-0.2, -0.15) is 0 Å². The first-order valence-corrected chi connectivity index (χ1v) is 17.3. The summed E-state index contributed by atoms with van der Waals surface area (Å²) in [7, 11) is -3.37. The molecular formula is C29H51N5O7S. The number of carbonyl (C=O) groups excluding carboxylic acids is 5. The second-order valence-electron chi connectivity index (χ2n) is 13.0. The van der Waals surface area contributed by atoms with Crippen LogP contribution in [0.25, 0.3) is 0 Å². The minimum Gasteiger partial charge on any atom is -0.349 e. The van der Waals surface area contributed by atoms with E-state index >= 15 is 0 Å². The quantitative estimate of drug-likeness (QED) is 0.230. The molecule has 1 saturated carbocycles. The topological polar surface area (TPSA) is 171 Å². The van der Waals surface area contributed by atoms with Crippen molar-refractivity contribution in [1.29, 1.82) is 0 Å². The van der Waals surface area contributed by atoms with Crippen molar-refractivity contribution in [2.75, 3.05) is 25.1 Å². The van der Waals surface area contributed by atoms with E-state index in [9.17, 15) is 32.4 Å². The summed E-state index contributed by atoms with van der Waals surface area (Å²) in [5.74, 6) is -2.59. The van der Waals surface area contributed by atoms with Gasteiger partial charge in [0.15, 0.2) is 0 Å². The fourth-order valence-electron chi connectivity index (χ4n) is 5.87. The molecule has 42 heavy (non-hydrogen) atoms. The van der Waals surface area contributed by atoms with Crippen LogP contribution in [0, 0.1) is 5.41 Å². The summed E-state index contributed by atoms with van der Waals surface area (Å²) in [6.45, 7) is 9.78. The van der Waals surface area contributed by atoms with Crippen molar-refractivity contribution in [2.45, 2.75) is 122 Å². The zero-order chi connectivity index (χ0) is 31.7. The van der Waals surface area contributed by atoms with Gasteiger partial charge in [-0.3, -0.25) is 19.2 Å². The predicted octanol–water partition coefficient (Wildman–Crippen LogP) is 1.82. The zero-order valence-corrected chi connectivity index (χ0v) is 27.0. The minimum atomic E-state index is -3.37. The van der Waals surface area contributed by atoms with Gasteiger partial charge in [0.2, 0.25) is 17.6 Å². The maximum Gasteiger partial charge on any atom is 0.315 e. The van der Waals surface area contributed by atoms with Crippen LogP contribution in [-0.2, 0) is 29.0 Å². The smallest absolute Gasteiger partial charge is 0.315 e. The monoisotopic (exact) mass is 613 g/mol. The van der Waals surface area contributed by atoms with E-state index in [4.69, 9.17) is 0 Å². The summed E-state index contributed by atoms with van der Waals surface area (Å²) < 4.78 is 24.4. The van der Waals surface area contributed by atoms with Crippen molar-refractivity contribution in [3.8, 4) is 0 Å². The number of nitrogens with zero attached hydrogens (tertiary/aromatic N) is 1. The summed E-state index contributed by atoms with van der Waals surface area (Å²) in [4.78, 5) is 67.0. The number of hydrogen-bond acceptors (Lipinski definition) is 7. The molecule has 13 heteroatoms. The van der Waals surface area contributed by atoms with Crippen LogP contribution in [-0.4, -0.2) is 91.6 Å². The SMILES string of the molecule is CCCNC(=O)C(=O)C(CCC)NC(=O)C1CCCN1C(=O)[C@@H](NC(=O)NC1(CS(C)(=O)=O)CCCCC1)C(C)(C)C. The summed E-state index contributed by atoms with van der Waals surface area (Å²) >= 11 is 0. The Morgan fingerprint density at radius 3 is 2.14 bits per heavy atom. The molecule has 2 unspecified atom stereocenters. The Kier molecular flexibility index (Phi) is 12.8. The van der Waals surface area contributed by atoms with E-state index in [0.717, 1.165) is 25.5 Å². The van der Waals surface area contributed by atoms with E-state index in [1.165, 1.54) is 4.90 Å². The molecule has 3 atom stereocenters. The molecule has 0 bridgehead atoms. The van der Waals surface area contributed by atoms with Gasteiger partial charge in [0, 0.05) is 19.3 Å². The number of urea groups is 1. The highest BCUT2D eigenvalue weighted by molar-refractivity contribution is 7.90. The Balaban J connectivity index is 2.19. The number of nitrogens with one attached hydrogen (secondary N) is 4. The lowest BCUT2D eigenvalue weighted by Crippen LogP contribution is -2.63. The lowest BCUT2D eigenvalue weighted by atomic mass is 9.83. The van der Waals surface area contributed by atoms with Crippen molar-refractivity contribution in [2.24, 2.45) is 5.41 Å². The molecule has 0 radical (unpaired) electrons. The normalized spacial score (nSPS) is 20.2. The molecule has 0 aromatic rings. The Hall–Kier alpha value is -2.70. The van der Waals surface area contributed by atoms with Gasteiger partial charge in [0.25, 0.3) is 5.91 Å². The molecule has 4 N–H and O–H groups in total. The highest BCUT2D eigenvalue weighted by Crippen LogP contribution is 2.30. The molecule has 12 nitrogen and oxygen atoms in total. The fraction of sp³-hybridized carbons (Fsp3) is 0.828. The van der Waals surface area contributed by atoms with Gasteiger partial charge in [-0.1, -0.05) is 60.3 Å². The Morgan fingerprint density at radius 2 is 1.60 bits per heavy atom. The standard InChI is InChI=1S/C29H51N5O7S/c1-7-13-20(22(35)25(37)30-17-8-2)31-24(36)21-14-12-18-34(21)26(38)23(28(3,4)5)32-27(39)33-29(19-42(6,40)41)15-10-9-11-16-29/h20-21,23H,7-19H2,1-6H3,(H,30,37)(H,31,36)(H2,32,33,39)/t20?,21?,23-/m1/s1. The fourth-order valence-corrected chi connectivity index (χ4v) is 7.24. The Bertz CT molecular complexity index is 1100. The number of amides is 5. The number of ketones is 1. The van der Waals surface area contributed by atoms with Gasteiger partial charge < -0.3 is 26.2 Å². The van der Waals surface area contributed by atoms with Crippen LogP contribution in [0.15, 0.2) is 0 Å². The van der Waals surface area contributed by atoms with Gasteiger partial charge >= 0.3 is 6.03 Å². The number of sulfone groups is 1. The van der Waals surface area contributed by atoms with Crippen LogP contribution in [0.3, 0.4) is 0 Å². The number of rotatable bonds is 13. The van der Waals surface area contributed by atoms with Crippen molar-refractivity contribution >= 4 is 39.4 Å². The number of carbonyl (C=O) groups is 5. The van der Waals surface area contributed by atoms with Gasteiger partial charge in [-0.15, -0.1) is 0 Å². The van der Waals surface area contributed by atoms with Crippen LogP contribution < -0.4 is 21.3 Å². The first-order chi connectivity index (χ1) is 19.5. The average Bonchev–Trinajstić information content (AvgIpc) is 3.38. The summed E-state index contributed by atoms with van der Waals surface area (Å²) in [5.41, 5.74) is -1.63. The van der Waals surface area contributed by atoms with Crippen molar-refractivity contribution in [3.05, 3.63) is 0 Å². The molecular weight excluding hydrogens is 562 g/mol. The molecule has 0 aromatic heterocycles. The number of Topliss-reactive ketones (excluding diaryl/α,β-unsaturated/α-hetero) is 1. The van der Waals surface area contributed by atoms with Gasteiger partial charge in [0.05, 0.1) is 17.3 Å². The second kappa shape index (κ2) is 15.2. The lowest BCUT2D eigenvalue weighted by Gasteiger charge is -2.39. The van der Waals surface area contributed by atoms with E-state index in [-0.39, 0.29) is 12.2 Å². The van der Waals surface area contributed by atoms with E-state index < -0.39 is 68.5 Å². The number of hydrogen-bond donors (Lipinski definition) is 4. The molecule has 1 aliphatic carbocycles. The van der Waals surface area contributed by atoms with Crippen LogP contribution >= 0.6 is 0 Å². The van der Waals surface area contributed by atoms with Crippen LogP contribution in [0.5, 0.6) is 0 Å². The molecule has 5 amide bonds. The molecule has 1 heterocycles. The maximum atomic E-state index is 13.9. The van der Waals surface area contributed by atoms with E-state index in [1.54, 1.807) is 20.8 Å². The van der Waals surface area contributed by atoms with Crippen molar-refractivity contribution < 1.29 is 32.4 Å². The number of likely N-dealkylation sites (tertiary alicyclic amines) is 1. The molecule has 2 fully saturated rings. The van der Waals surface area contributed by atoms with Gasteiger partial charge in [0.1, 0.15) is 21.9 Å². The highest BCUT2D eigenvalue weighted by Gasteiger charge is 2.44. The third kappa shape index (κ3) is 10.2. The van der Waals surface area contributed by atoms with Crippen LogP contribution in [0.4, 0.5) is 4.79 Å². The second-order valence-corrected chi connectivity index (χ2v) is 15.1. The maximum absolute atomic E-state index is 13.9. The summed E-state index contributed by atoms with van der Waals surface area (Å²) in [5, 5.41) is 10.9. The van der Waals surface area contributed by atoms with Crippen molar-refractivity contribution in [3.63, 3.8) is 0 Å². The Labute approximate surface area is 250 Å². The van der Waals surface area contributed by atoms with E-state index in [1.807, 2.05) is 13.8 Å². The molecule has 1 aliphatic heterocycles. The zero-order valence-electron chi connectivity index (χ0n) is 26.1. The molecule has 240 valence electrons. The van der Waals surface area contributed by atoms with Crippen molar-refractivity contribution in [1.82, 2.24) is 26.2 Å². The van der Waals surface area contributed by atoms with Gasteiger partial charge in [-0.05, 0) is 43.9 Å². The third-order valence-electron chi connectivity index (χ3n) is 7.92. The van der Waals surface area contributed by atoms with E-state index in [0.29, 0.717) is 51.6 Å². The van der Waals surface area contributed by atoms with Crippen LogP contribution in [0.2, 0.25) is 0 Å². The Morgan fingerprint density at radius 1 is 0.952 bits per heavy atom. The highest BCUT2D eigenvalue weighted by atomic mass is 32.2. The van der Waals surface area contributed by atoms with E-state index in [2.05, 4.69) is 21.3 Å². The average molecular weight is 614 g/mol. The third-order valence-corrected chi connectivity index (χ3v) is 9.00. The summed E-state index contributed by atoms with van der Waals surface area (Å²) in [6.07, 6.45) is 7.23. The van der Waals surface area contributed by atoms with Gasteiger partial charge in [-0.25, -0.2) is 13.2 Å². The largest absolute Gasteiger partial charge is 0.349 e. The lowest BCUT2D eigenvalue weighted by molar-refractivity contribution is -0.143.